The van der Waals surface area contributed by atoms with Crippen LogP contribution in [0.1, 0.15) is 44.6 Å². The number of nitrogens with zero attached hydrogens (tertiary/aromatic N) is 1. The van der Waals surface area contributed by atoms with Crippen LogP contribution in [0.3, 0.4) is 0 Å². The average Bonchev–Trinajstić information content (AvgIpc) is 2.52. The minimum Gasteiger partial charge on any atom is -0.367 e. The molecule has 0 aromatic heterocycles. The first-order valence-corrected chi connectivity index (χ1v) is 9.02. The predicted molar refractivity (Wildman–Crippen MR) is 91.0 cm³/mol. The van der Waals surface area contributed by atoms with E-state index in [1.165, 1.54) is 0 Å². The van der Waals surface area contributed by atoms with Gasteiger partial charge in [-0.1, -0.05) is 24.6 Å². The lowest BCUT2D eigenvalue weighted by Crippen LogP contribution is -2.63. The Bertz CT molecular complexity index is 668. The van der Waals surface area contributed by atoms with Crippen LogP contribution in [-0.2, 0) is 16.0 Å². The number of Topliss-reactive ketones (excluding diaryl/α,β-unsaturated/α-hetero) is 2. The number of benzene rings is 1. The number of carbonyl (C=O) groups is 2. The van der Waals surface area contributed by atoms with E-state index in [9.17, 15) is 9.59 Å². The molecular formula is C19H22ClNO2. The Morgan fingerprint density at radius 3 is 2.70 bits per heavy atom. The number of ketones is 2. The number of fused-ring (bicyclic) bond motifs is 4. The van der Waals surface area contributed by atoms with Crippen molar-refractivity contribution in [2.75, 3.05) is 11.4 Å². The van der Waals surface area contributed by atoms with Crippen molar-refractivity contribution < 1.29 is 9.59 Å². The molecule has 1 aliphatic carbocycles. The number of halogens is 1. The van der Waals surface area contributed by atoms with Gasteiger partial charge in [0.1, 0.15) is 17.0 Å². The second-order valence-electron chi connectivity index (χ2n) is 7.46. The van der Waals surface area contributed by atoms with E-state index in [0.29, 0.717) is 25.2 Å². The highest BCUT2D eigenvalue weighted by Gasteiger charge is 2.57. The minimum atomic E-state index is -0.812. The highest BCUT2D eigenvalue weighted by atomic mass is 35.5. The zero-order chi connectivity index (χ0) is 16.2. The maximum Gasteiger partial charge on any atom is 0.148 e. The molecule has 122 valence electrons. The van der Waals surface area contributed by atoms with Crippen LogP contribution < -0.4 is 4.90 Å². The molecule has 3 nitrogen and oxygen atoms in total. The van der Waals surface area contributed by atoms with Crippen molar-refractivity contribution in [1.29, 1.82) is 0 Å². The van der Waals surface area contributed by atoms with Gasteiger partial charge in [-0.2, -0.15) is 0 Å². The van der Waals surface area contributed by atoms with Gasteiger partial charge in [0, 0.05) is 36.1 Å². The summed E-state index contributed by atoms with van der Waals surface area (Å²) in [5.41, 5.74) is 1.42. The summed E-state index contributed by atoms with van der Waals surface area (Å²) in [6.45, 7) is 3.14. The number of carbonyl (C=O) groups excluding carboxylic acids is 2. The minimum absolute atomic E-state index is 0.0116. The van der Waals surface area contributed by atoms with Crippen LogP contribution in [-0.4, -0.2) is 24.2 Å². The monoisotopic (exact) mass is 331 g/mol. The molecule has 4 rings (SSSR count). The molecule has 0 N–H and O–H groups in total. The summed E-state index contributed by atoms with van der Waals surface area (Å²) < 4.78 is 0. The molecular weight excluding hydrogens is 310 g/mol. The van der Waals surface area contributed by atoms with Crippen LogP contribution >= 0.6 is 11.6 Å². The summed E-state index contributed by atoms with van der Waals surface area (Å²) in [5, 5.41) is 0.721. The van der Waals surface area contributed by atoms with Crippen molar-refractivity contribution in [3.63, 3.8) is 0 Å². The van der Waals surface area contributed by atoms with Gasteiger partial charge in [0.05, 0.1) is 0 Å². The Kier molecular flexibility index (Phi) is 3.53. The van der Waals surface area contributed by atoms with Gasteiger partial charge in [0.15, 0.2) is 0 Å². The van der Waals surface area contributed by atoms with Crippen LogP contribution in [0.2, 0.25) is 5.02 Å². The molecule has 1 aromatic carbocycles. The van der Waals surface area contributed by atoms with Crippen molar-refractivity contribution in [3.8, 4) is 0 Å². The second kappa shape index (κ2) is 5.34. The lowest BCUT2D eigenvalue weighted by Gasteiger charge is -2.54. The zero-order valence-electron chi connectivity index (χ0n) is 13.5. The molecule has 1 saturated heterocycles. The summed E-state index contributed by atoms with van der Waals surface area (Å²) in [6, 6.07) is 5.89. The fourth-order valence-corrected chi connectivity index (χ4v) is 5.02. The SMILES string of the molecule is C[C@H]1CCN2c3cc(Cl)ccc3CC3(C(=O)CCCC3=O)[C@H]2C1. The molecule has 1 spiro atoms. The van der Waals surface area contributed by atoms with E-state index in [0.717, 1.165) is 42.1 Å². The Balaban J connectivity index is 1.88. The molecule has 4 heteroatoms. The van der Waals surface area contributed by atoms with Gasteiger partial charge in [-0.25, -0.2) is 0 Å². The predicted octanol–water partition coefficient (Wildman–Crippen LogP) is 3.81. The van der Waals surface area contributed by atoms with Crippen LogP contribution in [0, 0.1) is 11.3 Å². The number of piperidine rings is 1. The normalized spacial score (nSPS) is 29.4. The standard InChI is InChI=1S/C19H22ClNO2/c1-12-7-8-21-15-10-14(20)6-5-13(15)11-19(16(21)9-12)17(22)3-2-4-18(19)23/h5-6,10,12,16H,2-4,7-9,11H2,1H3/t12-,16+/m0/s1. The van der Waals surface area contributed by atoms with Crippen molar-refractivity contribution in [3.05, 3.63) is 28.8 Å². The highest BCUT2D eigenvalue weighted by molar-refractivity contribution is 6.31. The Morgan fingerprint density at radius 2 is 1.96 bits per heavy atom. The van der Waals surface area contributed by atoms with E-state index in [4.69, 9.17) is 11.6 Å². The number of hydrogen-bond acceptors (Lipinski definition) is 3. The molecule has 1 saturated carbocycles. The van der Waals surface area contributed by atoms with E-state index >= 15 is 0 Å². The van der Waals surface area contributed by atoms with Gasteiger partial charge in [0.2, 0.25) is 0 Å². The summed E-state index contributed by atoms with van der Waals surface area (Å²) in [5.74, 6) is 0.883. The molecule has 0 unspecified atom stereocenters. The van der Waals surface area contributed by atoms with Crippen molar-refractivity contribution >= 4 is 28.9 Å². The van der Waals surface area contributed by atoms with Gasteiger partial charge >= 0.3 is 0 Å². The fourth-order valence-electron chi connectivity index (χ4n) is 4.85. The Morgan fingerprint density at radius 1 is 1.22 bits per heavy atom. The van der Waals surface area contributed by atoms with Gasteiger partial charge in [-0.05, 0) is 49.3 Å². The third-order valence-corrected chi connectivity index (χ3v) is 6.30. The smallest absolute Gasteiger partial charge is 0.148 e. The Hall–Kier alpha value is -1.35. The number of anilines is 1. The molecule has 2 fully saturated rings. The maximum absolute atomic E-state index is 12.9. The maximum atomic E-state index is 12.9. The van der Waals surface area contributed by atoms with E-state index in [1.807, 2.05) is 18.2 Å². The first-order valence-electron chi connectivity index (χ1n) is 8.64. The molecule has 3 aliphatic rings. The van der Waals surface area contributed by atoms with Crippen molar-refractivity contribution in [2.24, 2.45) is 11.3 Å². The number of rotatable bonds is 0. The molecule has 0 radical (unpaired) electrons. The van der Waals surface area contributed by atoms with E-state index in [2.05, 4.69) is 11.8 Å². The molecule has 2 aliphatic heterocycles. The largest absolute Gasteiger partial charge is 0.367 e. The van der Waals surface area contributed by atoms with Crippen molar-refractivity contribution in [2.45, 2.75) is 51.5 Å². The lowest BCUT2D eigenvalue weighted by atomic mass is 9.59. The first-order chi connectivity index (χ1) is 11.0. The Labute approximate surface area is 142 Å². The molecule has 2 atom stereocenters. The summed E-state index contributed by atoms with van der Waals surface area (Å²) >= 11 is 6.21. The zero-order valence-corrected chi connectivity index (χ0v) is 14.2. The first kappa shape index (κ1) is 15.2. The number of hydrogen-bond donors (Lipinski definition) is 0. The van der Waals surface area contributed by atoms with Gasteiger partial charge in [-0.3, -0.25) is 9.59 Å². The molecule has 1 aromatic rings. The van der Waals surface area contributed by atoms with Crippen LogP contribution in [0.25, 0.3) is 0 Å². The van der Waals surface area contributed by atoms with E-state index in [-0.39, 0.29) is 17.6 Å². The fraction of sp³-hybridized carbons (Fsp3) is 0.579. The van der Waals surface area contributed by atoms with E-state index in [1.54, 1.807) is 0 Å². The quantitative estimate of drug-likeness (QED) is 0.678. The van der Waals surface area contributed by atoms with E-state index < -0.39 is 5.41 Å². The van der Waals surface area contributed by atoms with Gasteiger partial charge < -0.3 is 4.90 Å². The summed E-state index contributed by atoms with van der Waals surface area (Å²) in [6.07, 6.45) is 4.39. The molecule has 2 heterocycles. The second-order valence-corrected chi connectivity index (χ2v) is 7.90. The third-order valence-electron chi connectivity index (χ3n) is 6.06. The van der Waals surface area contributed by atoms with Gasteiger partial charge in [0.25, 0.3) is 0 Å². The summed E-state index contributed by atoms with van der Waals surface area (Å²) in [7, 11) is 0. The van der Waals surface area contributed by atoms with Crippen LogP contribution in [0.15, 0.2) is 18.2 Å². The topological polar surface area (TPSA) is 37.4 Å². The molecule has 23 heavy (non-hydrogen) atoms. The third kappa shape index (κ3) is 2.16. The molecule has 0 bridgehead atoms. The average molecular weight is 332 g/mol. The van der Waals surface area contributed by atoms with Crippen LogP contribution in [0.4, 0.5) is 5.69 Å². The lowest BCUT2D eigenvalue weighted by molar-refractivity contribution is -0.146. The molecule has 0 amide bonds. The van der Waals surface area contributed by atoms with Crippen LogP contribution in [0.5, 0.6) is 0 Å². The van der Waals surface area contributed by atoms with Crippen molar-refractivity contribution in [1.82, 2.24) is 0 Å². The summed E-state index contributed by atoms with van der Waals surface area (Å²) in [4.78, 5) is 28.2. The highest BCUT2D eigenvalue weighted by Crippen LogP contribution is 2.50. The van der Waals surface area contributed by atoms with Gasteiger partial charge in [-0.15, -0.1) is 0 Å².